The Morgan fingerprint density at radius 3 is 2.44 bits per heavy atom. The quantitative estimate of drug-likeness (QED) is 0.825. The van der Waals surface area contributed by atoms with E-state index in [0.717, 1.165) is 24.8 Å². The summed E-state index contributed by atoms with van der Waals surface area (Å²) in [5.74, 6) is 0.916. The van der Waals surface area contributed by atoms with Gasteiger partial charge in [0.2, 0.25) is 0 Å². The molecule has 1 aromatic rings. The number of benzene rings is 1. The molecule has 2 saturated carbocycles. The summed E-state index contributed by atoms with van der Waals surface area (Å²) in [5.41, 5.74) is 7.85. The third-order valence-electron chi connectivity index (χ3n) is 4.93. The molecule has 0 saturated heterocycles. The highest BCUT2D eigenvalue weighted by Gasteiger charge is 2.44. The molecule has 2 aliphatic carbocycles. The smallest absolute Gasteiger partial charge is 0.170 e. The van der Waals surface area contributed by atoms with E-state index in [1.54, 1.807) is 0 Å². The van der Waals surface area contributed by atoms with Gasteiger partial charge in [0, 0.05) is 17.5 Å². The summed E-state index contributed by atoms with van der Waals surface area (Å²) in [6.45, 7) is 0.505. The third kappa shape index (κ3) is 1.71. The molecule has 3 rings (SSSR count). The van der Waals surface area contributed by atoms with Crippen LogP contribution in [0.5, 0.6) is 0 Å². The Balaban J connectivity index is 1.93. The van der Waals surface area contributed by atoms with Gasteiger partial charge in [0.15, 0.2) is 5.78 Å². The van der Waals surface area contributed by atoms with Crippen molar-refractivity contribution in [3.8, 4) is 0 Å². The van der Waals surface area contributed by atoms with Crippen LogP contribution in [0, 0.1) is 5.41 Å². The lowest BCUT2D eigenvalue weighted by atomic mass is 9.63. The van der Waals surface area contributed by atoms with Crippen LogP contribution in [0.4, 0.5) is 0 Å². The zero-order chi connectivity index (χ0) is 12.6. The number of nitrogens with two attached hydrogens (primary N) is 1. The van der Waals surface area contributed by atoms with Crippen molar-refractivity contribution in [3.63, 3.8) is 0 Å². The average Bonchev–Trinajstić information content (AvgIpc) is 2.26. The Labute approximate surface area is 109 Å². The molecular weight excluding hydrogens is 222 g/mol. The Morgan fingerprint density at radius 1 is 1.22 bits per heavy atom. The molecule has 0 spiro atoms. The normalized spacial score (nSPS) is 22.1. The van der Waals surface area contributed by atoms with E-state index < -0.39 is 0 Å². The molecule has 96 valence electrons. The van der Waals surface area contributed by atoms with Crippen LogP contribution in [-0.4, -0.2) is 12.3 Å². The predicted octanol–water partition coefficient (Wildman–Crippen LogP) is 3.27. The molecule has 0 radical (unpaired) electrons. The van der Waals surface area contributed by atoms with Gasteiger partial charge in [0.05, 0.1) is 0 Å². The lowest BCUT2D eigenvalue weighted by Gasteiger charge is -2.40. The Morgan fingerprint density at radius 2 is 1.94 bits per heavy atom. The van der Waals surface area contributed by atoms with E-state index in [1.165, 1.54) is 24.8 Å². The molecular formula is C16H21NO. The molecule has 2 heteroatoms. The second-order valence-corrected chi connectivity index (χ2v) is 5.88. The maximum atomic E-state index is 12.8. The SMILES string of the molecule is NCC1(C(=O)c2ccccc2C2CCC2)CCC1. The van der Waals surface area contributed by atoms with Crippen LogP contribution in [0.25, 0.3) is 0 Å². The van der Waals surface area contributed by atoms with Crippen LogP contribution < -0.4 is 5.73 Å². The van der Waals surface area contributed by atoms with Gasteiger partial charge >= 0.3 is 0 Å². The largest absolute Gasteiger partial charge is 0.329 e. The van der Waals surface area contributed by atoms with Crippen molar-refractivity contribution in [1.82, 2.24) is 0 Å². The van der Waals surface area contributed by atoms with Gasteiger partial charge in [0.25, 0.3) is 0 Å². The van der Waals surface area contributed by atoms with E-state index >= 15 is 0 Å². The number of hydrogen-bond donors (Lipinski definition) is 1. The Bertz CT molecular complexity index is 452. The fourth-order valence-electron chi connectivity index (χ4n) is 3.19. The monoisotopic (exact) mass is 243 g/mol. The molecule has 0 aliphatic heterocycles. The van der Waals surface area contributed by atoms with E-state index in [2.05, 4.69) is 12.1 Å². The molecule has 0 heterocycles. The van der Waals surface area contributed by atoms with E-state index in [1.807, 2.05) is 12.1 Å². The van der Waals surface area contributed by atoms with Crippen molar-refractivity contribution in [2.75, 3.05) is 6.54 Å². The first kappa shape index (κ1) is 11.9. The number of Topliss-reactive ketones (excluding diaryl/α,β-unsaturated/α-hetero) is 1. The van der Waals surface area contributed by atoms with Gasteiger partial charge in [-0.15, -0.1) is 0 Å². The highest BCUT2D eigenvalue weighted by atomic mass is 16.1. The molecule has 18 heavy (non-hydrogen) atoms. The number of hydrogen-bond acceptors (Lipinski definition) is 2. The summed E-state index contributed by atoms with van der Waals surface area (Å²) in [6, 6.07) is 8.18. The van der Waals surface area contributed by atoms with Gasteiger partial charge in [-0.25, -0.2) is 0 Å². The molecule has 1 aromatic carbocycles. The first-order valence-electron chi connectivity index (χ1n) is 7.11. The summed E-state index contributed by atoms with van der Waals surface area (Å²) in [5, 5.41) is 0. The van der Waals surface area contributed by atoms with Crippen molar-refractivity contribution in [3.05, 3.63) is 35.4 Å². The Kier molecular flexibility index (Phi) is 2.98. The summed E-state index contributed by atoms with van der Waals surface area (Å²) in [6.07, 6.45) is 6.87. The van der Waals surface area contributed by atoms with Gasteiger partial charge in [-0.05, 0) is 37.2 Å². The van der Waals surface area contributed by atoms with Crippen molar-refractivity contribution in [2.45, 2.75) is 44.4 Å². The van der Waals surface area contributed by atoms with Gasteiger partial charge in [0.1, 0.15) is 0 Å². The molecule has 2 aliphatic rings. The number of carbonyl (C=O) groups is 1. The van der Waals surface area contributed by atoms with Crippen LogP contribution in [0.3, 0.4) is 0 Å². The van der Waals surface area contributed by atoms with E-state index in [4.69, 9.17) is 5.73 Å². The van der Waals surface area contributed by atoms with E-state index in [9.17, 15) is 4.79 Å². The van der Waals surface area contributed by atoms with Gasteiger partial charge < -0.3 is 5.73 Å². The molecule has 0 amide bonds. The van der Waals surface area contributed by atoms with Crippen LogP contribution in [0.15, 0.2) is 24.3 Å². The lowest BCUT2D eigenvalue weighted by molar-refractivity contribution is 0.0633. The average molecular weight is 243 g/mol. The van der Waals surface area contributed by atoms with Gasteiger partial charge in [-0.2, -0.15) is 0 Å². The molecule has 0 aromatic heterocycles. The summed E-state index contributed by atoms with van der Waals surface area (Å²) in [4.78, 5) is 12.8. The summed E-state index contributed by atoms with van der Waals surface area (Å²) < 4.78 is 0. The molecule has 2 fully saturated rings. The summed E-state index contributed by atoms with van der Waals surface area (Å²) >= 11 is 0. The second kappa shape index (κ2) is 4.51. The lowest BCUT2D eigenvalue weighted by Crippen LogP contribution is -2.44. The highest BCUT2D eigenvalue weighted by molar-refractivity contribution is 6.02. The fourth-order valence-corrected chi connectivity index (χ4v) is 3.19. The zero-order valence-corrected chi connectivity index (χ0v) is 10.8. The minimum atomic E-state index is -0.236. The van der Waals surface area contributed by atoms with E-state index in [0.29, 0.717) is 18.2 Å². The molecule has 0 unspecified atom stereocenters. The maximum Gasteiger partial charge on any atom is 0.170 e. The van der Waals surface area contributed by atoms with Crippen LogP contribution in [0.1, 0.15) is 60.4 Å². The molecule has 0 atom stereocenters. The first-order valence-corrected chi connectivity index (χ1v) is 7.11. The fraction of sp³-hybridized carbons (Fsp3) is 0.562. The van der Waals surface area contributed by atoms with Crippen LogP contribution >= 0.6 is 0 Å². The van der Waals surface area contributed by atoms with Crippen molar-refractivity contribution in [2.24, 2.45) is 11.1 Å². The highest BCUT2D eigenvalue weighted by Crippen LogP contribution is 2.45. The standard InChI is InChI=1S/C16H21NO/c17-11-16(9-4-10-16)15(18)14-8-2-1-7-13(14)12-5-3-6-12/h1-2,7-8,12H,3-6,9-11,17H2. The predicted molar refractivity (Wildman–Crippen MR) is 72.7 cm³/mol. The zero-order valence-electron chi connectivity index (χ0n) is 10.8. The molecule has 0 bridgehead atoms. The first-order chi connectivity index (χ1) is 8.77. The number of ketones is 1. The number of rotatable bonds is 4. The van der Waals surface area contributed by atoms with Gasteiger partial charge in [-0.1, -0.05) is 37.1 Å². The van der Waals surface area contributed by atoms with Crippen LogP contribution in [0.2, 0.25) is 0 Å². The maximum absolute atomic E-state index is 12.8. The second-order valence-electron chi connectivity index (χ2n) is 5.88. The van der Waals surface area contributed by atoms with Crippen molar-refractivity contribution >= 4 is 5.78 Å². The molecule has 2 N–H and O–H groups in total. The third-order valence-corrected chi connectivity index (χ3v) is 4.93. The van der Waals surface area contributed by atoms with Gasteiger partial charge in [-0.3, -0.25) is 4.79 Å². The Hall–Kier alpha value is -1.15. The summed E-state index contributed by atoms with van der Waals surface area (Å²) in [7, 11) is 0. The number of carbonyl (C=O) groups excluding carboxylic acids is 1. The van der Waals surface area contributed by atoms with Crippen molar-refractivity contribution < 1.29 is 4.79 Å². The minimum Gasteiger partial charge on any atom is -0.329 e. The van der Waals surface area contributed by atoms with E-state index in [-0.39, 0.29) is 5.41 Å². The van der Waals surface area contributed by atoms with Crippen LogP contribution in [-0.2, 0) is 0 Å². The molecule has 2 nitrogen and oxygen atoms in total. The minimum absolute atomic E-state index is 0.236. The van der Waals surface area contributed by atoms with Crippen molar-refractivity contribution in [1.29, 1.82) is 0 Å². The topological polar surface area (TPSA) is 43.1 Å².